The number of hydrogen-bond donors (Lipinski definition) is 4. The lowest BCUT2D eigenvalue weighted by Gasteiger charge is -2.19. The molecule has 2 aromatic carbocycles. The minimum atomic E-state index is -4.01. The highest BCUT2D eigenvalue weighted by Crippen LogP contribution is 2.23. The number of aromatic nitrogens is 1. The molecule has 0 unspecified atom stereocenters. The summed E-state index contributed by atoms with van der Waals surface area (Å²) in [7, 11) is -2.79. The van der Waals surface area contributed by atoms with Crippen LogP contribution in [0.2, 0.25) is 0 Å². The molecule has 3 aromatic rings. The fourth-order valence-corrected chi connectivity index (χ4v) is 4.34. The number of hydrogen-bond acceptors (Lipinski definition) is 7. The fraction of sp³-hybridized carbons (Fsp3) is 0.208. The second kappa shape index (κ2) is 12.2. The van der Waals surface area contributed by atoms with Crippen molar-refractivity contribution in [2.75, 3.05) is 25.6 Å². The maximum Gasteiger partial charge on any atom is 0.251 e. The molecule has 3 rings (SSSR count). The lowest BCUT2D eigenvalue weighted by atomic mass is 10.0. The van der Waals surface area contributed by atoms with E-state index in [1.165, 1.54) is 31.4 Å². The van der Waals surface area contributed by atoms with Crippen molar-refractivity contribution < 1.29 is 32.2 Å². The van der Waals surface area contributed by atoms with Crippen LogP contribution in [0.15, 0.2) is 71.6 Å². The molecule has 1 atom stereocenters. The molecule has 0 aliphatic heterocycles. The van der Waals surface area contributed by atoms with Gasteiger partial charge in [0.2, 0.25) is 21.8 Å². The van der Waals surface area contributed by atoms with Gasteiger partial charge in [0.1, 0.15) is 22.6 Å². The molecule has 36 heavy (non-hydrogen) atoms. The third-order valence-electron chi connectivity index (χ3n) is 4.97. The number of nitrogens with one attached hydrogen (secondary N) is 3. The fourth-order valence-electron chi connectivity index (χ4n) is 3.22. The van der Waals surface area contributed by atoms with Crippen LogP contribution in [0.25, 0.3) is 0 Å². The Morgan fingerprint density at radius 1 is 1.06 bits per heavy atom. The van der Waals surface area contributed by atoms with Gasteiger partial charge in [-0.05, 0) is 42.0 Å². The molecule has 1 heterocycles. The number of anilines is 1. The van der Waals surface area contributed by atoms with Crippen molar-refractivity contribution in [1.82, 2.24) is 15.0 Å². The summed E-state index contributed by atoms with van der Waals surface area (Å²) in [6.07, 6.45) is 0.147. The smallest absolute Gasteiger partial charge is 0.251 e. The summed E-state index contributed by atoms with van der Waals surface area (Å²) in [4.78, 5) is 29.6. The van der Waals surface area contributed by atoms with Crippen molar-refractivity contribution in [1.29, 1.82) is 0 Å². The molecule has 1 aromatic heterocycles. The average Bonchev–Trinajstić information content (AvgIpc) is 2.87. The number of methoxy groups -OCH3 is 1. The molecule has 190 valence electrons. The standard InChI is InChI=1S/C24H25FN4O6S/c1-35-24-20(36(33,34)26-13-14-30)11-12-21(29-24)28-23(32)19(15-16-5-3-2-4-6-16)27-22(31)17-7-9-18(25)10-8-17/h2-12,19,26,30H,13-15H2,1H3,(H,27,31)(H,28,29,32)/t19-/m0/s1. The van der Waals surface area contributed by atoms with Gasteiger partial charge >= 0.3 is 0 Å². The van der Waals surface area contributed by atoms with E-state index >= 15 is 0 Å². The van der Waals surface area contributed by atoms with Crippen molar-refractivity contribution in [3.8, 4) is 5.88 Å². The summed E-state index contributed by atoms with van der Waals surface area (Å²) in [5.41, 5.74) is 0.950. The van der Waals surface area contributed by atoms with Gasteiger partial charge in [-0.25, -0.2) is 17.5 Å². The van der Waals surface area contributed by atoms with E-state index in [1.54, 1.807) is 24.3 Å². The molecule has 10 nitrogen and oxygen atoms in total. The van der Waals surface area contributed by atoms with E-state index in [4.69, 9.17) is 9.84 Å². The number of rotatable bonds is 11. The second-order valence-corrected chi connectivity index (χ2v) is 9.27. The Morgan fingerprint density at radius 2 is 1.75 bits per heavy atom. The highest BCUT2D eigenvalue weighted by atomic mass is 32.2. The van der Waals surface area contributed by atoms with E-state index in [0.717, 1.165) is 17.7 Å². The zero-order valence-corrected chi connectivity index (χ0v) is 20.1. The van der Waals surface area contributed by atoms with Crippen LogP contribution in [0, 0.1) is 5.82 Å². The number of amides is 2. The lowest BCUT2D eigenvalue weighted by molar-refractivity contribution is -0.118. The van der Waals surface area contributed by atoms with E-state index in [9.17, 15) is 22.4 Å². The van der Waals surface area contributed by atoms with Gasteiger partial charge in [-0.3, -0.25) is 9.59 Å². The van der Waals surface area contributed by atoms with Gasteiger partial charge in [-0.2, -0.15) is 4.98 Å². The summed E-state index contributed by atoms with van der Waals surface area (Å²) in [6, 6.07) is 15.3. The summed E-state index contributed by atoms with van der Waals surface area (Å²) < 4.78 is 45.3. The van der Waals surface area contributed by atoms with Crippen molar-refractivity contribution >= 4 is 27.7 Å². The van der Waals surface area contributed by atoms with Crippen LogP contribution in [0.3, 0.4) is 0 Å². The van der Waals surface area contributed by atoms with E-state index in [-0.39, 0.29) is 35.1 Å². The largest absolute Gasteiger partial charge is 0.480 e. The van der Waals surface area contributed by atoms with Crippen LogP contribution < -0.4 is 20.1 Å². The summed E-state index contributed by atoms with van der Waals surface area (Å²) in [6.45, 7) is -0.589. The summed E-state index contributed by atoms with van der Waals surface area (Å²) in [5.74, 6) is -1.96. The van der Waals surface area contributed by atoms with E-state index in [1.807, 2.05) is 6.07 Å². The van der Waals surface area contributed by atoms with E-state index < -0.39 is 40.3 Å². The van der Waals surface area contributed by atoms with Gasteiger partial charge in [-0.1, -0.05) is 30.3 Å². The molecule has 0 saturated carbocycles. The number of benzene rings is 2. The summed E-state index contributed by atoms with van der Waals surface area (Å²) >= 11 is 0. The Kier molecular flexibility index (Phi) is 9.06. The van der Waals surface area contributed by atoms with Gasteiger partial charge in [-0.15, -0.1) is 0 Å². The number of ether oxygens (including phenoxy) is 1. The number of aliphatic hydroxyl groups excluding tert-OH is 1. The molecule has 0 aliphatic carbocycles. The monoisotopic (exact) mass is 516 g/mol. The maximum absolute atomic E-state index is 13.2. The zero-order chi connectivity index (χ0) is 26.1. The molecule has 4 N–H and O–H groups in total. The van der Waals surface area contributed by atoms with Gasteiger partial charge in [0.05, 0.1) is 13.7 Å². The molecular weight excluding hydrogens is 491 g/mol. The Bertz CT molecular complexity index is 1300. The Labute approximate surface area is 207 Å². The first-order valence-corrected chi connectivity index (χ1v) is 12.3. The first-order chi connectivity index (χ1) is 17.2. The lowest BCUT2D eigenvalue weighted by Crippen LogP contribution is -2.45. The zero-order valence-electron chi connectivity index (χ0n) is 19.3. The first-order valence-electron chi connectivity index (χ1n) is 10.8. The van der Waals surface area contributed by atoms with Crippen molar-refractivity contribution in [3.05, 3.63) is 83.7 Å². The summed E-state index contributed by atoms with van der Waals surface area (Å²) in [5, 5.41) is 14.1. The highest BCUT2D eigenvalue weighted by molar-refractivity contribution is 7.89. The van der Waals surface area contributed by atoms with Crippen molar-refractivity contribution in [3.63, 3.8) is 0 Å². The predicted octanol–water partition coefficient (Wildman–Crippen LogP) is 1.48. The molecular formula is C24H25FN4O6S. The Morgan fingerprint density at radius 3 is 2.39 bits per heavy atom. The van der Waals surface area contributed by atoms with Crippen LogP contribution in [0.1, 0.15) is 15.9 Å². The van der Waals surface area contributed by atoms with Crippen LogP contribution in [-0.4, -0.2) is 56.6 Å². The Hall–Kier alpha value is -3.87. The maximum atomic E-state index is 13.2. The highest BCUT2D eigenvalue weighted by Gasteiger charge is 2.25. The molecule has 0 saturated heterocycles. The average molecular weight is 517 g/mol. The number of carbonyl (C=O) groups is 2. The molecule has 0 aliphatic rings. The second-order valence-electron chi connectivity index (χ2n) is 7.54. The third kappa shape index (κ3) is 7.07. The quantitative estimate of drug-likeness (QED) is 0.302. The van der Waals surface area contributed by atoms with E-state index in [0.29, 0.717) is 0 Å². The van der Waals surface area contributed by atoms with Gasteiger partial charge < -0.3 is 20.5 Å². The first kappa shape index (κ1) is 26.7. The van der Waals surface area contributed by atoms with E-state index in [2.05, 4.69) is 20.3 Å². The van der Waals surface area contributed by atoms with Crippen LogP contribution in [0.5, 0.6) is 5.88 Å². The number of sulfonamides is 1. The molecule has 2 amide bonds. The normalized spacial score (nSPS) is 12.0. The van der Waals surface area contributed by atoms with Crippen LogP contribution in [0.4, 0.5) is 10.2 Å². The van der Waals surface area contributed by atoms with Gasteiger partial charge in [0.25, 0.3) is 5.91 Å². The van der Waals surface area contributed by atoms with Crippen molar-refractivity contribution in [2.24, 2.45) is 0 Å². The molecule has 0 bridgehead atoms. The minimum absolute atomic E-state index is 0.00736. The SMILES string of the molecule is COc1nc(NC(=O)[C@H](Cc2ccccc2)NC(=O)c2ccc(F)cc2)ccc1S(=O)(=O)NCCO. The van der Waals surface area contributed by atoms with Gasteiger partial charge in [0.15, 0.2) is 0 Å². The van der Waals surface area contributed by atoms with Crippen LogP contribution >= 0.6 is 0 Å². The Balaban J connectivity index is 1.83. The number of nitrogens with zero attached hydrogens (tertiary/aromatic N) is 1. The molecule has 0 spiro atoms. The topological polar surface area (TPSA) is 147 Å². The van der Waals surface area contributed by atoms with Crippen molar-refractivity contribution in [2.45, 2.75) is 17.4 Å². The number of aliphatic hydroxyl groups is 1. The number of pyridine rings is 1. The number of carbonyl (C=O) groups excluding carboxylic acids is 2. The third-order valence-corrected chi connectivity index (χ3v) is 6.45. The van der Waals surface area contributed by atoms with Gasteiger partial charge in [0, 0.05) is 18.5 Å². The predicted molar refractivity (Wildman–Crippen MR) is 129 cm³/mol. The number of halogens is 1. The molecule has 0 radical (unpaired) electrons. The molecule has 0 fully saturated rings. The molecule has 12 heteroatoms. The minimum Gasteiger partial charge on any atom is -0.480 e. The van der Waals surface area contributed by atoms with Crippen LogP contribution in [-0.2, 0) is 21.2 Å².